The zero-order valence-electron chi connectivity index (χ0n) is 6.44. The molecule has 0 aliphatic carbocycles. The van der Waals surface area contributed by atoms with Gasteiger partial charge in [-0.15, -0.1) is 10.2 Å². The molecule has 0 unspecified atom stereocenters. The van der Waals surface area contributed by atoms with Gasteiger partial charge in [-0.25, -0.2) is 0 Å². The predicted octanol–water partition coefficient (Wildman–Crippen LogP) is 1.84. The lowest BCUT2D eigenvalue weighted by Gasteiger charge is -1.94. The van der Waals surface area contributed by atoms with Crippen molar-refractivity contribution in [2.24, 2.45) is 0 Å². The van der Waals surface area contributed by atoms with Crippen molar-refractivity contribution >= 4 is 28.6 Å². The summed E-state index contributed by atoms with van der Waals surface area (Å²) in [4.78, 5) is 4.09. The van der Waals surface area contributed by atoms with Gasteiger partial charge in [0, 0.05) is 11.9 Å². The number of hydrogen-bond donors (Lipinski definition) is 1. The molecular weight excluding hydrogens is 208 g/mol. The maximum absolute atomic E-state index is 5.64. The van der Waals surface area contributed by atoms with Crippen LogP contribution in [0.5, 0.6) is 0 Å². The summed E-state index contributed by atoms with van der Waals surface area (Å²) >= 11 is 6.91. The van der Waals surface area contributed by atoms with Gasteiger partial charge < -0.3 is 5.73 Å². The first-order valence-corrected chi connectivity index (χ1v) is 4.66. The van der Waals surface area contributed by atoms with E-state index >= 15 is 0 Å². The van der Waals surface area contributed by atoms with Crippen LogP contribution in [0.1, 0.15) is 0 Å². The maximum atomic E-state index is 5.64. The van der Waals surface area contributed by atoms with Gasteiger partial charge in [-0.3, -0.25) is 4.98 Å². The average Bonchev–Trinajstić information content (AvgIpc) is 2.52. The van der Waals surface area contributed by atoms with E-state index < -0.39 is 0 Å². The third kappa shape index (κ3) is 1.76. The Hall–Kier alpha value is -1.20. The smallest absolute Gasteiger partial charge is 0.207 e. The molecule has 0 spiro atoms. The lowest BCUT2D eigenvalue weighted by Crippen LogP contribution is -1.87. The van der Waals surface area contributed by atoms with Gasteiger partial charge in [0.15, 0.2) is 5.01 Å². The molecule has 0 aliphatic rings. The van der Waals surface area contributed by atoms with E-state index in [1.54, 1.807) is 18.3 Å². The van der Waals surface area contributed by atoms with Crippen LogP contribution in [-0.4, -0.2) is 15.2 Å². The van der Waals surface area contributed by atoms with Crippen molar-refractivity contribution < 1.29 is 0 Å². The normalized spacial score (nSPS) is 10.2. The standard InChI is InChI=1S/C7H5ClN4S/c8-7-12-11-6(13-7)5-3-4(9)1-2-10-5/h1-3H,(H2,9,10). The molecule has 6 heteroatoms. The van der Waals surface area contributed by atoms with Gasteiger partial charge in [0.05, 0.1) is 0 Å². The minimum Gasteiger partial charge on any atom is -0.399 e. The van der Waals surface area contributed by atoms with Crippen molar-refractivity contribution in [1.82, 2.24) is 15.2 Å². The Kier molecular flexibility index (Phi) is 2.12. The summed E-state index contributed by atoms with van der Waals surface area (Å²) < 4.78 is 0.402. The molecule has 0 aliphatic heterocycles. The molecule has 0 saturated carbocycles. The molecule has 0 amide bonds. The number of halogens is 1. The first-order valence-electron chi connectivity index (χ1n) is 3.46. The zero-order chi connectivity index (χ0) is 9.26. The third-order valence-corrected chi connectivity index (χ3v) is 2.44. The number of rotatable bonds is 1. The minimum absolute atomic E-state index is 0.402. The Morgan fingerprint density at radius 3 is 2.85 bits per heavy atom. The highest BCUT2D eigenvalue weighted by atomic mass is 35.5. The summed E-state index contributed by atoms with van der Waals surface area (Å²) in [5, 5.41) is 8.20. The Morgan fingerprint density at radius 2 is 2.23 bits per heavy atom. The molecule has 2 aromatic heterocycles. The largest absolute Gasteiger partial charge is 0.399 e. The molecular formula is C7H5ClN4S. The van der Waals surface area contributed by atoms with Crippen molar-refractivity contribution in [3.8, 4) is 10.7 Å². The van der Waals surface area contributed by atoms with Crippen LogP contribution in [-0.2, 0) is 0 Å². The topological polar surface area (TPSA) is 64.7 Å². The second kappa shape index (κ2) is 3.27. The number of aromatic nitrogens is 3. The van der Waals surface area contributed by atoms with Gasteiger partial charge in [-0.2, -0.15) is 0 Å². The molecule has 4 nitrogen and oxygen atoms in total. The van der Waals surface area contributed by atoms with Crippen molar-refractivity contribution in [2.45, 2.75) is 0 Å². The Bertz CT molecular complexity index is 428. The second-order valence-electron chi connectivity index (χ2n) is 2.33. The molecule has 2 aromatic rings. The van der Waals surface area contributed by atoms with E-state index in [1.165, 1.54) is 11.3 Å². The van der Waals surface area contributed by atoms with E-state index in [0.717, 1.165) is 0 Å². The summed E-state index contributed by atoms with van der Waals surface area (Å²) in [5.41, 5.74) is 6.93. The van der Waals surface area contributed by atoms with E-state index in [0.29, 0.717) is 20.9 Å². The zero-order valence-corrected chi connectivity index (χ0v) is 8.01. The molecule has 2 heterocycles. The summed E-state index contributed by atoms with van der Waals surface area (Å²) in [6.07, 6.45) is 1.62. The molecule has 0 saturated heterocycles. The molecule has 0 aromatic carbocycles. The number of nitrogen functional groups attached to an aromatic ring is 1. The molecule has 0 atom stereocenters. The quantitative estimate of drug-likeness (QED) is 0.784. The van der Waals surface area contributed by atoms with Gasteiger partial charge in [0.2, 0.25) is 4.47 Å². The summed E-state index contributed by atoms with van der Waals surface area (Å²) in [6, 6.07) is 3.45. The van der Waals surface area contributed by atoms with E-state index in [4.69, 9.17) is 17.3 Å². The van der Waals surface area contributed by atoms with E-state index in [2.05, 4.69) is 15.2 Å². The molecule has 0 bridgehead atoms. The van der Waals surface area contributed by atoms with Crippen LogP contribution in [0.3, 0.4) is 0 Å². The fraction of sp³-hybridized carbons (Fsp3) is 0. The third-order valence-electron chi connectivity index (χ3n) is 1.40. The predicted molar refractivity (Wildman–Crippen MR) is 52.6 cm³/mol. The highest BCUT2D eigenvalue weighted by Crippen LogP contribution is 2.24. The van der Waals surface area contributed by atoms with Crippen LogP contribution in [0.4, 0.5) is 5.69 Å². The number of hydrogen-bond acceptors (Lipinski definition) is 5. The Morgan fingerprint density at radius 1 is 1.38 bits per heavy atom. The van der Waals surface area contributed by atoms with Crippen LogP contribution in [0.25, 0.3) is 10.7 Å². The van der Waals surface area contributed by atoms with Gasteiger partial charge in [0.25, 0.3) is 0 Å². The van der Waals surface area contributed by atoms with Crippen molar-refractivity contribution in [3.05, 3.63) is 22.8 Å². The highest BCUT2D eigenvalue weighted by Gasteiger charge is 2.05. The highest BCUT2D eigenvalue weighted by molar-refractivity contribution is 7.18. The van der Waals surface area contributed by atoms with Crippen molar-refractivity contribution in [1.29, 1.82) is 0 Å². The van der Waals surface area contributed by atoms with Crippen molar-refractivity contribution in [2.75, 3.05) is 5.73 Å². The Balaban J connectivity index is 2.46. The van der Waals surface area contributed by atoms with Gasteiger partial charge in [-0.1, -0.05) is 11.3 Å². The monoisotopic (exact) mass is 212 g/mol. The van der Waals surface area contributed by atoms with Gasteiger partial charge in [-0.05, 0) is 23.7 Å². The second-order valence-corrected chi connectivity index (χ2v) is 3.89. The Labute approximate surface area is 83.4 Å². The molecule has 2 rings (SSSR count). The molecule has 2 N–H and O–H groups in total. The van der Waals surface area contributed by atoms with Gasteiger partial charge >= 0.3 is 0 Å². The number of nitrogens with zero attached hydrogens (tertiary/aromatic N) is 3. The van der Waals surface area contributed by atoms with Crippen LogP contribution in [0.15, 0.2) is 18.3 Å². The summed E-state index contributed by atoms with van der Waals surface area (Å²) in [6.45, 7) is 0. The summed E-state index contributed by atoms with van der Waals surface area (Å²) in [7, 11) is 0. The molecule has 13 heavy (non-hydrogen) atoms. The molecule has 0 radical (unpaired) electrons. The minimum atomic E-state index is 0.402. The fourth-order valence-corrected chi connectivity index (χ4v) is 1.67. The van der Waals surface area contributed by atoms with E-state index in [1.807, 2.05) is 0 Å². The van der Waals surface area contributed by atoms with Crippen LogP contribution in [0, 0.1) is 0 Å². The van der Waals surface area contributed by atoms with Crippen molar-refractivity contribution in [3.63, 3.8) is 0 Å². The first kappa shape index (κ1) is 8.40. The van der Waals surface area contributed by atoms with Crippen LogP contribution >= 0.6 is 22.9 Å². The summed E-state index contributed by atoms with van der Waals surface area (Å²) in [5.74, 6) is 0. The van der Waals surface area contributed by atoms with Crippen LogP contribution < -0.4 is 5.73 Å². The van der Waals surface area contributed by atoms with Gasteiger partial charge in [0.1, 0.15) is 5.69 Å². The SMILES string of the molecule is Nc1ccnc(-c2nnc(Cl)s2)c1. The van der Waals surface area contributed by atoms with E-state index in [9.17, 15) is 0 Å². The van der Waals surface area contributed by atoms with Crippen LogP contribution in [0.2, 0.25) is 4.47 Å². The molecule has 66 valence electrons. The van der Waals surface area contributed by atoms with E-state index in [-0.39, 0.29) is 0 Å². The lowest BCUT2D eigenvalue weighted by molar-refractivity contribution is 1.09. The lowest BCUT2D eigenvalue weighted by atomic mass is 10.3. The molecule has 0 fully saturated rings. The maximum Gasteiger partial charge on any atom is 0.207 e. The number of anilines is 1. The number of nitrogens with two attached hydrogens (primary N) is 1. The fourth-order valence-electron chi connectivity index (χ4n) is 0.873. The number of pyridine rings is 1. The first-order chi connectivity index (χ1) is 6.25. The average molecular weight is 213 g/mol.